The van der Waals surface area contributed by atoms with Gasteiger partial charge in [0.2, 0.25) is 0 Å². The Balaban J connectivity index is 2.63. The van der Waals surface area contributed by atoms with Gasteiger partial charge in [0.15, 0.2) is 0 Å². The van der Waals surface area contributed by atoms with E-state index in [1.54, 1.807) is 0 Å². The molecular formula is C10H18O3. The molecule has 1 aliphatic rings. The smallest absolute Gasteiger partial charge is 0.309 e. The van der Waals surface area contributed by atoms with Gasteiger partial charge in [-0.05, 0) is 38.0 Å². The summed E-state index contributed by atoms with van der Waals surface area (Å²) < 4.78 is 0. The SMILES string of the molecule is CC1CCC(CCO)(C(=O)O)CC1. The molecule has 0 saturated heterocycles. The van der Waals surface area contributed by atoms with Crippen LogP contribution in [0.15, 0.2) is 0 Å². The lowest BCUT2D eigenvalue weighted by Gasteiger charge is -2.35. The monoisotopic (exact) mass is 186 g/mol. The van der Waals surface area contributed by atoms with Crippen molar-refractivity contribution in [2.75, 3.05) is 6.61 Å². The third kappa shape index (κ3) is 2.21. The van der Waals surface area contributed by atoms with E-state index in [4.69, 9.17) is 10.2 Å². The van der Waals surface area contributed by atoms with Gasteiger partial charge in [0.1, 0.15) is 0 Å². The van der Waals surface area contributed by atoms with Crippen LogP contribution in [0.4, 0.5) is 0 Å². The molecule has 0 bridgehead atoms. The van der Waals surface area contributed by atoms with Crippen molar-refractivity contribution in [1.29, 1.82) is 0 Å². The zero-order valence-corrected chi connectivity index (χ0v) is 8.12. The molecule has 0 aliphatic heterocycles. The topological polar surface area (TPSA) is 57.5 Å². The summed E-state index contributed by atoms with van der Waals surface area (Å²) in [5, 5.41) is 17.9. The van der Waals surface area contributed by atoms with Crippen LogP contribution in [0.5, 0.6) is 0 Å². The summed E-state index contributed by atoms with van der Waals surface area (Å²) in [5.74, 6) is -0.0837. The zero-order valence-electron chi connectivity index (χ0n) is 8.12. The molecule has 1 aliphatic carbocycles. The van der Waals surface area contributed by atoms with Crippen LogP contribution in [0.3, 0.4) is 0 Å². The van der Waals surface area contributed by atoms with E-state index < -0.39 is 11.4 Å². The number of hydrogen-bond acceptors (Lipinski definition) is 2. The van der Waals surface area contributed by atoms with Crippen LogP contribution < -0.4 is 0 Å². The number of rotatable bonds is 3. The lowest BCUT2D eigenvalue weighted by molar-refractivity contribution is -0.152. The molecule has 3 nitrogen and oxygen atoms in total. The van der Waals surface area contributed by atoms with Crippen molar-refractivity contribution in [2.24, 2.45) is 11.3 Å². The number of aliphatic carboxylic acids is 1. The van der Waals surface area contributed by atoms with Gasteiger partial charge in [-0.3, -0.25) is 4.79 Å². The molecular weight excluding hydrogens is 168 g/mol. The predicted molar refractivity (Wildman–Crippen MR) is 49.4 cm³/mol. The quantitative estimate of drug-likeness (QED) is 0.704. The Morgan fingerprint density at radius 2 is 2.00 bits per heavy atom. The highest BCUT2D eigenvalue weighted by molar-refractivity contribution is 5.74. The van der Waals surface area contributed by atoms with Gasteiger partial charge in [-0.25, -0.2) is 0 Å². The van der Waals surface area contributed by atoms with E-state index in [0.717, 1.165) is 25.7 Å². The van der Waals surface area contributed by atoms with Gasteiger partial charge in [-0.15, -0.1) is 0 Å². The van der Waals surface area contributed by atoms with Gasteiger partial charge in [0.25, 0.3) is 0 Å². The summed E-state index contributed by atoms with van der Waals surface area (Å²) in [4.78, 5) is 11.1. The molecule has 3 heteroatoms. The van der Waals surface area contributed by atoms with E-state index in [1.807, 2.05) is 0 Å². The first-order chi connectivity index (χ1) is 6.10. The molecule has 0 atom stereocenters. The number of carboxylic acid groups (broad SMARTS) is 1. The van der Waals surface area contributed by atoms with Crippen molar-refractivity contribution in [3.05, 3.63) is 0 Å². The van der Waals surface area contributed by atoms with Crippen LogP contribution >= 0.6 is 0 Å². The molecule has 0 heterocycles. The van der Waals surface area contributed by atoms with E-state index in [9.17, 15) is 4.79 Å². The summed E-state index contributed by atoms with van der Waals surface area (Å²) >= 11 is 0. The molecule has 1 rings (SSSR count). The van der Waals surface area contributed by atoms with Gasteiger partial charge in [-0.2, -0.15) is 0 Å². The van der Waals surface area contributed by atoms with Gasteiger partial charge in [-0.1, -0.05) is 6.92 Å². The van der Waals surface area contributed by atoms with Crippen LogP contribution in [-0.4, -0.2) is 22.8 Å². The maximum absolute atomic E-state index is 11.1. The first-order valence-electron chi connectivity index (χ1n) is 4.95. The Kier molecular flexibility index (Phi) is 3.31. The Morgan fingerprint density at radius 3 is 2.38 bits per heavy atom. The minimum atomic E-state index is -0.728. The van der Waals surface area contributed by atoms with Crippen LogP contribution in [0, 0.1) is 11.3 Å². The molecule has 13 heavy (non-hydrogen) atoms. The van der Waals surface area contributed by atoms with Crippen molar-refractivity contribution in [3.8, 4) is 0 Å². The number of hydrogen-bond donors (Lipinski definition) is 2. The van der Waals surface area contributed by atoms with Crippen molar-refractivity contribution >= 4 is 5.97 Å². The fourth-order valence-electron chi connectivity index (χ4n) is 2.10. The summed E-state index contributed by atoms with van der Waals surface area (Å²) in [6, 6.07) is 0. The van der Waals surface area contributed by atoms with Crippen molar-refractivity contribution in [1.82, 2.24) is 0 Å². The second kappa shape index (κ2) is 4.09. The minimum absolute atomic E-state index is 0.0132. The third-order valence-electron chi connectivity index (χ3n) is 3.28. The first-order valence-corrected chi connectivity index (χ1v) is 4.95. The first kappa shape index (κ1) is 10.5. The highest BCUT2D eigenvalue weighted by atomic mass is 16.4. The van der Waals surface area contributed by atoms with Gasteiger partial charge in [0, 0.05) is 6.61 Å². The largest absolute Gasteiger partial charge is 0.481 e. The lowest BCUT2D eigenvalue weighted by Crippen LogP contribution is -2.35. The number of aliphatic hydroxyl groups excluding tert-OH is 1. The standard InChI is InChI=1S/C10H18O3/c1-8-2-4-10(5-3-8,6-7-11)9(12)13/h8,11H,2-7H2,1H3,(H,12,13). The number of aliphatic hydroxyl groups is 1. The minimum Gasteiger partial charge on any atom is -0.481 e. The summed E-state index contributed by atoms with van der Waals surface area (Å²) in [5.41, 5.74) is -0.624. The maximum atomic E-state index is 11.1. The van der Waals surface area contributed by atoms with E-state index in [0.29, 0.717) is 12.3 Å². The normalized spacial score (nSPS) is 34.5. The van der Waals surface area contributed by atoms with E-state index in [-0.39, 0.29) is 6.61 Å². The Labute approximate surface area is 78.8 Å². The molecule has 0 radical (unpaired) electrons. The molecule has 0 amide bonds. The summed E-state index contributed by atoms with van der Waals surface area (Å²) in [6.45, 7) is 2.14. The zero-order chi connectivity index (χ0) is 9.90. The molecule has 0 aromatic carbocycles. The van der Waals surface area contributed by atoms with Crippen molar-refractivity contribution in [3.63, 3.8) is 0 Å². The maximum Gasteiger partial charge on any atom is 0.309 e. The van der Waals surface area contributed by atoms with Gasteiger partial charge >= 0.3 is 5.97 Å². The van der Waals surface area contributed by atoms with Crippen LogP contribution in [0.1, 0.15) is 39.0 Å². The van der Waals surface area contributed by atoms with Crippen LogP contribution in [-0.2, 0) is 4.79 Å². The summed E-state index contributed by atoms with van der Waals surface area (Å²) in [6.07, 6.45) is 3.82. The highest BCUT2D eigenvalue weighted by Gasteiger charge is 2.40. The average Bonchev–Trinajstić information content (AvgIpc) is 2.09. The molecule has 76 valence electrons. The fourth-order valence-corrected chi connectivity index (χ4v) is 2.10. The molecule has 1 fully saturated rings. The van der Waals surface area contributed by atoms with Crippen LogP contribution in [0.25, 0.3) is 0 Å². The lowest BCUT2D eigenvalue weighted by atomic mass is 9.69. The average molecular weight is 186 g/mol. The van der Waals surface area contributed by atoms with E-state index in [1.165, 1.54) is 0 Å². The van der Waals surface area contributed by atoms with E-state index >= 15 is 0 Å². The molecule has 1 saturated carbocycles. The molecule has 0 aromatic rings. The van der Waals surface area contributed by atoms with E-state index in [2.05, 4.69) is 6.92 Å². The van der Waals surface area contributed by atoms with Crippen LogP contribution in [0.2, 0.25) is 0 Å². The van der Waals surface area contributed by atoms with Gasteiger partial charge in [0.05, 0.1) is 5.41 Å². The fraction of sp³-hybridized carbons (Fsp3) is 0.900. The highest BCUT2D eigenvalue weighted by Crippen LogP contribution is 2.41. The van der Waals surface area contributed by atoms with Crippen molar-refractivity contribution in [2.45, 2.75) is 39.0 Å². The molecule has 0 spiro atoms. The Hall–Kier alpha value is -0.570. The van der Waals surface area contributed by atoms with Gasteiger partial charge < -0.3 is 10.2 Å². The Morgan fingerprint density at radius 1 is 1.46 bits per heavy atom. The predicted octanol–water partition coefficient (Wildman–Crippen LogP) is 1.65. The third-order valence-corrected chi connectivity index (χ3v) is 3.28. The number of carbonyl (C=O) groups is 1. The second-order valence-electron chi connectivity index (χ2n) is 4.24. The summed E-state index contributed by atoms with van der Waals surface area (Å²) in [7, 11) is 0. The molecule has 0 aromatic heterocycles. The number of carboxylic acids is 1. The molecule has 0 unspecified atom stereocenters. The second-order valence-corrected chi connectivity index (χ2v) is 4.24. The van der Waals surface area contributed by atoms with Crippen molar-refractivity contribution < 1.29 is 15.0 Å². The molecule has 2 N–H and O–H groups in total. The Bertz CT molecular complexity index is 181.